The fraction of sp³-hybridized carbons (Fsp3) is 0.750. The molecule has 3 heteroatoms. The van der Waals surface area contributed by atoms with Gasteiger partial charge in [-0.2, -0.15) is 0 Å². The van der Waals surface area contributed by atoms with Gasteiger partial charge < -0.3 is 10.2 Å². The summed E-state index contributed by atoms with van der Waals surface area (Å²) in [4.78, 5) is 8.36. The van der Waals surface area contributed by atoms with Crippen LogP contribution in [0, 0.1) is 0 Å². The second kappa shape index (κ2) is 9.06. The molecule has 0 rings (SSSR count). The largest absolute Gasteiger partial charge is 0.483 e. The highest BCUT2D eigenvalue weighted by molar-refractivity contribution is 5.32. The van der Waals surface area contributed by atoms with Crippen molar-refractivity contribution in [2.75, 3.05) is 0 Å². The standard InChI is InChI=1S/C3H8O.CH2O2/c1-3(2)4;2-1-3/h3-4H,1-2H3;1H,(H,2,3). The molecule has 0 aromatic heterocycles. The molecular weight excluding hydrogens is 96.0 g/mol. The SMILES string of the molecule is CC(C)O.O=CO. The molecule has 3 nitrogen and oxygen atoms in total. The number of hydrogen-bond acceptors (Lipinski definition) is 2. The molecule has 0 atom stereocenters. The van der Waals surface area contributed by atoms with Crippen LogP contribution in [0.15, 0.2) is 0 Å². The Morgan fingerprint density at radius 2 is 1.57 bits per heavy atom. The summed E-state index contributed by atoms with van der Waals surface area (Å²) < 4.78 is 0. The highest BCUT2D eigenvalue weighted by atomic mass is 16.3. The minimum atomic E-state index is -0.250. The second-order valence-electron chi connectivity index (χ2n) is 1.20. The van der Waals surface area contributed by atoms with Gasteiger partial charge in [0.25, 0.3) is 6.47 Å². The van der Waals surface area contributed by atoms with Crippen molar-refractivity contribution in [3.8, 4) is 0 Å². The van der Waals surface area contributed by atoms with Crippen LogP contribution in [0.1, 0.15) is 13.8 Å². The van der Waals surface area contributed by atoms with Crippen molar-refractivity contribution in [1.29, 1.82) is 0 Å². The smallest absolute Gasteiger partial charge is 0.290 e. The van der Waals surface area contributed by atoms with Crippen LogP contribution >= 0.6 is 0 Å². The van der Waals surface area contributed by atoms with E-state index in [1.807, 2.05) is 0 Å². The van der Waals surface area contributed by atoms with Crippen molar-refractivity contribution in [1.82, 2.24) is 0 Å². The molecule has 7 heavy (non-hydrogen) atoms. The third-order valence-electron chi connectivity index (χ3n) is 0. The Kier molecular flexibility index (Phi) is 12.5. The molecule has 2 N–H and O–H groups in total. The number of aliphatic hydroxyl groups excluding tert-OH is 1. The van der Waals surface area contributed by atoms with E-state index in [2.05, 4.69) is 0 Å². The Labute approximate surface area is 42.6 Å². The van der Waals surface area contributed by atoms with Gasteiger partial charge in [0.1, 0.15) is 0 Å². The van der Waals surface area contributed by atoms with E-state index < -0.39 is 0 Å². The average Bonchev–Trinajstić information content (AvgIpc) is 1.33. The van der Waals surface area contributed by atoms with Crippen LogP contribution in [0.25, 0.3) is 0 Å². The summed E-state index contributed by atoms with van der Waals surface area (Å²) >= 11 is 0. The first-order valence-corrected chi connectivity index (χ1v) is 1.91. The first-order valence-electron chi connectivity index (χ1n) is 1.91. The molecule has 0 aromatic carbocycles. The summed E-state index contributed by atoms with van der Waals surface area (Å²) in [6.07, 6.45) is -0.167. The summed E-state index contributed by atoms with van der Waals surface area (Å²) in [6.45, 7) is 3.19. The fourth-order valence-electron chi connectivity index (χ4n) is 0. The Morgan fingerprint density at radius 3 is 1.57 bits per heavy atom. The van der Waals surface area contributed by atoms with Gasteiger partial charge in [0.15, 0.2) is 0 Å². The zero-order valence-corrected chi connectivity index (χ0v) is 4.46. The number of hydrogen-bond donors (Lipinski definition) is 2. The molecule has 0 heterocycles. The highest BCUT2D eigenvalue weighted by Crippen LogP contribution is 1.65. The van der Waals surface area contributed by atoms with Gasteiger partial charge in [-0.05, 0) is 13.8 Å². The van der Waals surface area contributed by atoms with E-state index in [4.69, 9.17) is 15.0 Å². The van der Waals surface area contributed by atoms with E-state index >= 15 is 0 Å². The zero-order valence-electron chi connectivity index (χ0n) is 4.46. The van der Waals surface area contributed by atoms with E-state index in [9.17, 15) is 0 Å². The lowest BCUT2D eigenvalue weighted by Gasteiger charge is -1.80. The summed E-state index contributed by atoms with van der Waals surface area (Å²) in [5.74, 6) is 0. The topological polar surface area (TPSA) is 57.5 Å². The summed E-state index contributed by atoms with van der Waals surface area (Å²) in [5, 5.41) is 14.9. The van der Waals surface area contributed by atoms with Crippen molar-refractivity contribution >= 4 is 6.47 Å². The quantitative estimate of drug-likeness (QED) is 0.430. The summed E-state index contributed by atoms with van der Waals surface area (Å²) in [6, 6.07) is 0. The molecule has 0 saturated carbocycles. The molecule has 0 radical (unpaired) electrons. The van der Waals surface area contributed by atoms with Gasteiger partial charge >= 0.3 is 0 Å². The molecule has 0 fully saturated rings. The van der Waals surface area contributed by atoms with Gasteiger partial charge in [0, 0.05) is 6.10 Å². The van der Waals surface area contributed by atoms with Crippen molar-refractivity contribution < 1.29 is 15.0 Å². The predicted molar refractivity (Wildman–Crippen MR) is 26.0 cm³/mol. The maximum atomic E-state index is 8.36. The van der Waals surface area contributed by atoms with Gasteiger partial charge in [0.05, 0.1) is 0 Å². The Hall–Kier alpha value is -0.570. The molecule has 0 aliphatic carbocycles. The Bertz CT molecular complexity index is 31.2. The van der Waals surface area contributed by atoms with Crippen LogP contribution in [0.3, 0.4) is 0 Å². The first-order chi connectivity index (χ1) is 3.15. The molecule has 0 saturated heterocycles. The maximum Gasteiger partial charge on any atom is 0.290 e. The lowest BCUT2D eigenvalue weighted by atomic mass is 10.5. The van der Waals surface area contributed by atoms with Gasteiger partial charge in [-0.1, -0.05) is 0 Å². The van der Waals surface area contributed by atoms with Crippen LogP contribution in [0.2, 0.25) is 0 Å². The lowest BCUT2D eigenvalue weighted by Crippen LogP contribution is -1.85. The summed E-state index contributed by atoms with van der Waals surface area (Å²) in [5.41, 5.74) is 0. The molecule has 0 aromatic rings. The number of aliphatic hydroxyl groups is 1. The van der Waals surface area contributed by atoms with Crippen LogP contribution < -0.4 is 0 Å². The van der Waals surface area contributed by atoms with Gasteiger partial charge in [-0.15, -0.1) is 0 Å². The van der Waals surface area contributed by atoms with Crippen LogP contribution in [-0.4, -0.2) is 22.8 Å². The minimum absolute atomic E-state index is 0.167. The van der Waals surface area contributed by atoms with Crippen molar-refractivity contribution in [3.05, 3.63) is 0 Å². The summed E-state index contributed by atoms with van der Waals surface area (Å²) in [7, 11) is 0. The Morgan fingerprint density at radius 1 is 1.57 bits per heavy atom. The number of rotatable bonds is 0. The van der Waals surface area contributed by atoms with Gasteiger partial charge in [-0.3, -0.25) is 4.79 Å². The molecule has 44 valence electrons. The predicted octanol–water partition coefficient (Wildman–Crippen LogP) is 0.0879. The molecule has 0 unspecified atom stereocenters. The first kappa shape index (κ1) is 9.66. The third-order valence-corrected chi connectivity index (χ3v) is 0. The monoisotopic (exact) mass is 106 g/mol. The molecular formula is C4H10O3. The Balaban J connectivity index is 0. The van der Waals surface area contributed by atoms with Crippen LogP contribution in [-0.2, 0) is 4.79 Å². The van der Waals surface area contributed by atoms with Gasteiger partial charge in [0.2, 0.25) is 0 Å². The fourth-order valence-corrected chi connectivity index (χ4v) is 0. The minimum Gasteiger partial charge on any atom is -0.483 e. The second-order valence-corrected chi connectivity index (χ2v) is 1.20. The molecule has 0 amide bonds. The van der Waals surface area contributed by atoms with Crippen LogP contribution in [0.4, 0.5) is 0 Å². The van der Waals surface area contributed by atoms with Crippen molar-refractivity contribution in [2.45, 2.75) is 20.0 Å². The van der Waals surface area contributed by atoms with E-state index in [-0.39, 0.29) is 12.6 Å². The lowest BCUT2D eigenvalue weighted by molar-refractivity contribution is -0.122. The molecule has 0 aliphatic heterocycles. The van der Waals surface area contributed by atoms with E-state index in [1.54, 1.807) is 13.8 Å². The van der Waals surface area contributed by atoms with Crippen molar-refractivity contribution in [2.24, 2.45) is 0 Å². The van der Waals surface area contributed by atoms with Crippen molar-refractivity contribution in [3.63, 3.8) is 0 Å². The molecule has 0 bridgehead atoms. The average molecular weight is 106 g/mol. The third kappa shape index (κ3) is 197. The van der Waals surface area contributed by atoms with E-state index in [0.29, 0.717) is 0 Å². The zero-order chi connectivity index (χ0) is 6.28. The maximum absolute atomic E-state index is 8.36. The normalized spacial score (nSPS) is 6.86. The molecule has 0 aliphatic rings. The van der Waals surface area contributed by atoms with Crippen LogP contribution in [0.5, 0.6) is 0 Å². The van der Waals surface area contributed by atoms with Gasteiger partial charge in [-0.25, -0.2) is 0 Å². The van der Waals surface area contributed by atoms with E-state index in [0.717, 1.165) is 0 Å². The van der Waals surface area contributed by atoms with E-state index in [1.165, 1.54) is 0 Å². The number of carbonyl (C=O) groups is 1. The highest BCUT2D eigenvalue weighted by Gasteiger charge is 1.69. The number of carboxylic acid groups (broad SMARTS) is 1. The molecule has 0 spiro atoms.